The second-order valence-electron chi connectivity index (χ2n) is 4.24. The van der Waals surface area contributed by atoms with Crippen LogP contribution in [0.15, 0.2) is 16.9 Å². The maximum absolute atomic E-state index is 4.37. The summed E-state index contributed by atoms with van der Waals surface area (Å²) in [6, 6.07) is 1.10. The third-order valence-electron chi connectivity index (χ3n) is 3.03. The summed E-state index contributed by atoms with van der Waals surface area (Å²) >= 11 is 3.36. The molecule has 1 aromatic rings. The molecule has 1 aliphatic heterocycles. The van der Waals surface area contributed by atoms with Crippen molar-refractivity contribution >= 4 is 21.9 Å². The minimum atomic E-state index is 0.551. The second-order valence-corrected chi connectivity index (χ2v) is 5.15. The van der Waals surface area contributed by atoms with E-state index < -0.39 is 0 Å². The van der Waals surface area contributed by atoms with E-state index >= 15 is 0 Å². The average Bonchev–Trinajstić information content (AvgIpc) is 2.20. The van der Waals surface area contributed by atoms with Crippen molar-refractivity contribution in [2.45, 2.75) is 45.2 Å². The molecule has 1 saturated heterocycles. The Labute approximate surface area is 99.0 Å². The molecule has 1 fully saturated rings. The van der Waals surface area contributed by atoms with E-state index in [4.69, 9.17) is 0 Å². The summed E-state index contributed by atoms with van der Waals surface area (Å²) in [5.41, 5.74) is 0. The minimum absolute atomic E-state index is 0.551. The first-order valence-electron chi connectivity index (χ1n) is 5.44. The first kappa shape index (κ1) is 10.9. The number of anilines is 1. The molecule has 15 heavy (non-hydrogen) atoms. The number of aromatic nitrogens is 2. The smallest absolute Gasteiger partial charge is 0.225 e. The van der Waals surface area contributed by atoms with E-state index in [1.165, 1.54) is 19.3 Å². The third kappa shape index (κ3) is 2.30. The van der Waals surface area contributed by atoms with Gasteiger partial charge in [0, 0.05) is 24.5 Å². The van der Waals surface area contributed by atoms with E-state index in [2.05, 4.69) is 44.6 Å². The minimum Gasteiger partial charge on any atom is -0.335 e. The number of hydrogen-bond donors (Lipinski definition) is 0. The number of halogens is 1. The molecule has 0 bridgehead atoms. The topological polar surface area (TPSA) is 29.0 Å². The monoisotopic (exact) mass is 269 g/mol. The molecular formula is C11H16BrN3. The highest BCUT2D eigenvalue weighted by atomic mass is 79.9. The van der Waals surface area contributed by atoms with Crippen LogP contribution in [0.3, 0.4) is 0 Å². The summed E-state index contributed by atoms with van der Waals surface area (Å²) in [4.78, 5) is 11.1. The van der Waals surface area contributed by atoms with Crippen LogP contribution >= 0.6 is 15.9 Å². The molecule has 0 amide bonds. The van der Waals surface area contributed by atoms with Gasteiger partial charge in [0.1, 0.15) is 0 Å². The second kappa shape index (κ2) is 4.47. The molecule has 0 spiro atoms. The van der Waals surface area contributed by atoms with Crippen molar-refractivity contribution in [2.75, 3.05) is 4.90 Å². The van der Waals surface area contributed by atoms with Crippen LogP contribution in [-0.4, -0.2) is 22.1 Å². The zero-order valence-electron chi connectivity index (χ0n) is 9.15. The van der Waals surface area contributed by atoms with Crippen LogP contribution in [0.5, 0.6) is 0 Å². The van der Waals surface area contributed by atoms with Crippen LogP contribution in [0.25, 0.3) is 0 Å². The Hall–Kier alpha value is -0.640. The summed E-state index contributed by atoms with van der Waals surface area (Å²) < 4.78 is 0.934. The maximum Gasteiger partial charge on any atom is 0.225 e. The predicted octanol–water partition coefficient (Wildman–Crippen LogP) is 3.01. The van der Waals surface area contributed by atoms with E-state index in [9.17, 15) is 0 Å². The Bertz CT molecular complexity index is 315. The standard InChI is InChI=1S/C11H16BrN3/c1-8-4-3-5-9(2)15(8)11-13-6-10(12)7-14-11/h6-9H,3-5H2,1-2H3/t8-,9+. The Morgan fingerprint density at radius 3 is 2.27 bits per heavy atom. The summed E-state index contributed by atoms with van der Waals surface area (Å²) in [6.45, 7) is 4.50. The molecule has 82 valence electrons. The van der Waals surface area contributed by atoms with Crippen molar-refractivity contribution in [1.29, 1.82) is 0 Å². The largest absolute Gasteiger partial charge is 0.335 e. The SMILES string of the molecule is C[C@@H]1CCC[C@H](C)N1c1ncc(Br)cn1. The number of piperidine rings is 1. The summed E-state index contributed by atoms with van der Waals surface area (Å²) in [7, 11) is 0. The molecule has 2 heterocycles. The number of rotatable bonds is 1. The molecule has 0 saturated carbocycles. The van der Waals surface area contributed by atoms with Crippen LogP contribution < -0.4 is 4.90 Å². The quantitative estimate of drug-likeness (QED) is 0.785. The van der Waals surface area contributed by atoms with Crippen molar-refractivity contribution in [3.8, 4) is 0 Å². The van der Waals surface area contributed by atoms with E-state index in [-0.39, 0.29) is 0 Å². The summed E-state index contributed by atoms with van der Waals surface area (Å²) in [5.74, 6) is 0.859. The van der Waals surface area contributed by atoms with E-state index in [0.717, 1.165) is 10.4 Å². The predicted molar refractivity (Wildman–Crippen MR) is 65.0 cm³/mol. The van der Waals surface area contributed by atoms with Gasteiger partial charge in [-0.3, -0.25) is 0 Å². The summed E-state index contributed by atoms with van der Waals surface area (Å²) in [5, 5.41) is 0. The Kier molecular flexibility index (Phi) is 3.24. The van der Waals surface area contributed by atoms with Crippen LogP contribution in [0.1, 0.15) is 33.1 Å². The fraction of sp³-hybridized carbons (Fsp3) is 0.636. The van der Waals surface area contributed by atoms with Gasteiger partial charge in [-0.15, -0.1) is 0 Å². The van der Waals surface area contributed by atoms with Gasteiger partial charge < -0.3 is 4.90 Å². The Balaban J connectivity index is 2.23. The molecule has 2 atom stereocenters. The van der Waals surface area contributed by atoms with Crippen LogP contribution in [0, 0.1) is 0 Å². The zero-order chi connectivity index (χ0) is 10.8. The van der Waals surface area contributed by atoms with Gasteiger partial charge in [0.25, 0.3) is 0 Å². The van der Waals surface area contributed by atoms with Crippen LogP contribution in [-0.2, 0) is 0 Å². The van der Waals surface area contributed by atoms with Crippen molar-refractivity contribution in [2.24, 2.45) is 0 Å². The average molecular weight is 270 g/mol. The maximum atomic E-state index is 4.37. The van der Waals surface area contributed by atoms with Gasteiger partial charge in [-0.2, -0.15) is 0 Å². The molecule has 0 radical (unpaired) electrons. The van der Waals surface area contributed by atoms with Gasteiger partial charge in [-0.25, -0.2) is 9.97 Å². The van der Waals surface area contributed by atoms with Crippen molar-refractivity contribution in [1.82, 2.24) is 9.97 Å². The first-order valence-corrected chi connectivity index (χ1v) is 6.23. The van der Waals surface area contributed by atoms with Crippen molar-refractivity contribution in [3.63, 3.8) is 0 Å². The van der Waals surface area contributed by atoms with Crippen molar-refractivity contribution < 1.29 is 0 Å². The molecule has 4 heteroatoms. The van der Waals surface area contributed by atoms with E-state index in [1.807, 2.05) is 12.4 Å². The fourth-order valence-corrected chi connectivity index (χ4v) is 2.46. The molecule has 0 aliphatic carbocycles. The van der Waals surface area contributed by atoms with Gasteiger partial charge >= 0.3 is 0 Å². The van der Waals surface area contributed by atoms with E-state index in [0.29, 0.717) is 12.1 Å². The Morgan fingerprint density at radius 2 is 1.73 bits per heavy atom. The lowest BCUT2D eigenvalue weighted by Gasteiger charge is -2.38. The van der Waals surface area contributed by atoms with Gasteiger partial charge in [0.2, 0.25) is 5.95 Å². The molecule has 3 nitrogen and oxygen atoms in total. The molecule has 2 rings (SSSR count). The number of hydrogen-bond acceptors (Lipinski definition) is 3. The van der Waals surface area contributed by atoms with Gasteiger partial charge in [-0.1, -0.05) is 0 Å². The highest BCUT2D eigenvalue weighted by Crippen LogP contribution is 2.26. The summed E-state index contributed by atoms with van der Waals surface area (Å²) in [6.07, 6.45) is 7.43. The molecule has 0 unspecified atom stereocenters. The van der Waals surface area contributed by atoms with Gasteiger partial charge in [-0.05, 0) is 49.0 Å². The molecule has 1 aromatic heterocycles. The zero-order valence-corrected chi connectivity index (χ0v) is 10.7. The van der Waals surface area contributed by atoms with E-state index in [1.54, 1.807) is 0 Å². The lowest BCUT2D eigenvalue weighted by Crippen LogP contribution is -2.44. The lowest BCUT2D eigenvalue weighted by molar-refractivity contribution is 0.407. The lowest BCUT2D eigenvalue weighted by atomic mass is 9.98. The van der Waals surface area contributed by atoms with Crippen LogP contribution in [0.4, 0.5) is 5.95 Å². The normalized spacial score (nSPS) is 26.7. The van der Waals surface area contributed by atoms with Crippen LogP contribution in [0.2, 0.25) is 0 Å². The molecular weight excluding hydrogens is 254 g/mol. The molecule has 1 aliphatic rings. The molecule has 0 N–H and O–H groups in total. The first-order chi connectivity index (χ1) is 7.18. The van der Waals surface area contributed by atoms with Gasteiger partial charge in [0.05, 0.1) is 4.47 Å². The highest BCUT2D eigenvalue weighted by Gasteiger charge is 2.26. The van der Waals surface area contributed by atoms with Gasteiger partial charge in [0.15, 0.2) is 0 Å². The van der Waals surface area contributed by atoms with Crippen molar-refractivity contribution in [3.05, 3.63) is 16.9 Å². The Morgan fingerprint density at radius 1 is 1.20 bits per heavy atom. The fourth-order valence-electron chi connectivity index (χ4n) is 2.25. The number of nitrogens with zero attached hydrogens (tertiary/aromatic N) is 3. The highest BCUT2D eigenvalue weighted by molar-refractivity contribution is 9.10. The molecule has 0 aromatic carbocycles. The third-order valence-corrected chi connectivity index (χ3v) is 3.44.